The highest BCUT2D eigenvalue weighted by Gasteiger charge is 2.36. The number of nitrogens with zero attached hydrogens (tertiary/aromatic N) is 5. The topological polar surface area (TPSA) is 46.3 Å². The van der Waals surface area contributed by atoms with Crippen LogP contribution in [-0.2, 0) is 12.7 Å². The summed E-state index contributed by atoms with van der Waals surface area (Å²) < 4.78 is 40.9. The van der Waals surface area contributed by atoms with Crippen LogP contribution in [0.15, 0.2) is 36.5 Å². The Bertz CT molecular complexity index is 920. The zero-order chi connectivity index (χ0) is 18.3. The summed E-state index contributed by atoms with van der Waals surface area (Å²) in [6.07, 6.45) is -0.896. The lowest BCUT2D eigenvalue weighted by molar-refractivity contribution is -0.142. The molecule has 0 spiro atoms. The molecule has 1 unspecified atom stereocenters. The van der Waals surface area contributed by atoms with Gasteiger partial charge in [-0.1, -0.05) is 6.07 Å². The van der Waals surface area contributed by atoms with Crippen LogP contribution in [0.4, 0.5) is 13.2 Å². The Labute approximate surface area is 148 Å². The smallest absolute Gasteiger partial charge is 0.289 e. The summed E-state index contributed by atoms with van der Waals surface area (Å²) in [7, 11) is 0. The fourth-order valence-electron chi connectivity index (χ4n) is 3.53. The van der Waals surface area contributed by atoms with Crippen LogP contribution in [0.3, 0.4) is 0 Å². The van der Waals surface area contributed by atoms with Crippen LogP contribution >= 0.6 is 0 Å². The number of fused-ring (bicyclic) bond motifs is 1. The first-order valence-corrected chi connectivity index (χ1v) is 8.50. The Morgan fingerprint density at radius 1 is 1.23 bits per heavy atom. The van der Waals surface area contributed by atoms with Gasteiger partial charge in [0.15, 0.2) is 5.65 Å². The third-order valence-corrected chi connectivity index (χ3v) is 4.66. The van der Waals surface area contributed by atoms with E-state index in [9.17, 15) is 13.2 Å². The maximum atomic E-state index is 13.3. The quantitative estimate of drug-likeness (QED) is 0.712. The maximum absolute atomic E-state index is 13.3. The van der Waals surface area contributed by atoms with Gasteiger partial charge in [0.2, 0.25) is 0 Å². The first kappa shape index (κ1) is 17.0. The average Bonchev–Trinajstić information content (AvgIpc) is 3.20. The fraction of sp³-hybridized carbons (Fsp3) is 0.389. The molecule has 1 saturated heterocycles. The van der Waals surface area contributed by atoms with Crippen molar-refractivity contribution in [2.75, 3.05) is 6.54 Å². The minimum Gasteiger partial charge on any atom is -0.289 e. The van der Waals surface area contributed by atoms with Crippen molar-refractivity contribution in [3.8, 4) is 0 Å². The number of halogens is 3. The minimum atomic E-state index is -4.47. The standard InChI is InChI=1S/C18H18F3N5/c1-12-9-16(18(19,20)21)26-17(23-12)10-14(24-26)15-6-4-8-25(15)11-13-5-2-3-7-22-13/h2-3,5,7,9-10,15H,4,6,8,11H2,1H3. The van der Waals surface area contributed by atoms with Gasteiger partial charge in [-0.05, 0) is 44.5 Å². The van der Waals surface area contributed by atoms with E-state index in [0.29, 0.717) is 17.9 Å². The Morgan fingerprint density at radius 2 is 2.08 bits per heavy atom. The van der Waals surface area contributed by atoms with Gasteiger partial charge >= 0.3 is 6.18 Å². The van der Waals surface area contributed by atoms with Crippen LogP contribution in [0.2, 0.25) is 0 Å². The Kier molecular flexibility index (Phi) is 4.14. The summed E-state index contributed by atoms with van der Waals surface area (Å²) in [4.78, 5) is 10.8. The number of likely N-dealkylation sites (tertiary alicyclic amines) is 1. The van der Waals surface area contributed by atoms with Gasteiger partial charge in [-0.25, -0.2) is 9.50 Å². The predicted octanol–water partition coefficient (Wildman–Crippen LogP) is 3.79. The number of aryl methyl sites for hydroxylation is 1. The molecule has 0 N–H and O–H groups in total. The van der Waals surface area contributed by atoms with Crippen molar-refractivity contribution in [1.29, 1.82) is 0 Å². The van der Waals surface area contributed by atoms with Crippen LogP contribution in [0.1, 0.15) is 41.7 Å². The molecule has 1 aliphatic heterocycles. The van der Waals surface area contributed by atoms with Crippen molar-refractivity contribution in [3.05, 3.63) is 59.3 Å². The normalized spacial score (nSPS) is 18.7. The largest absolute Gasteiger partial charge is 0.433 e. The number of hydrogen-bond acceptors (Lipinski definition) is 4. The van der Waals surface area contributed by atoms with Gasteiger partial charge in [0.25, 0.3) is 0 Å². The van der Waals surface area contributed by atoms with Crippen molar-refractivity contribution >= 4 is 5.65 Å². The lowest BCUT2D eigenvalue weighted by Crippen LogP contribution is -2.23. The van der Waals surface area contributed by atoms with Gasteiger partial charge in [-0.15, -0.1) is 0 Å². The van der Waals surface area contributed by atoms with E-state index in [1.54, 1.807) is 19.2 Å². The van der Waals surface area contributed by atoms with Crippen molar-refractivity contribution in [2.24, 2.45) is 0 Å². The van der Waals surface area contributed by atoms with Crippen molar-refractivity contribution < 1.29 is 13.2 Å². The fourth-order valence-corrected chi connectivity index (χ4v) is 3.53. The molecule has 0 aromatic carbocycles. The van der Waals surface area contributed by atoms with Gasteiger partial charge < -0.3 is 0 Å². The van der Waals surface area contributed by atoms with Crippen molar-refractivity contribution in [1.82, 2.24) is 24.5 Å². The van der Waals surface area contributed by atoms with Crippen molar-refractivity contribution in [3.63, 3.8) is 0 Å². The monoisotopic (exact) mass is 361 g/mol. The summed E-state index contributed by atoms with van der Waals surface area (Å²) in [6, 6.07) is 8.42. The van der Waals surface area contributed by atoms with Gasteiger partial charge in [0.1, 0.15) is 5.69 Å². The molecule has 1 aliphatic rings. The molecule has 0 bridgehead atoms. The average molecular weight is 361 g/mol. The van der Waals surface area contributed by atoms with Gasteiger partial charge in [-0.3, -0.25) is 9.88 Å². The predicted molar refractivity (Wildman–Crippen MR) is 89.3 cm³/mol. The Morgan fingerprint density at radius 3 is 2.81 bits per heavy atom. The molecule has 4 rings (SSSR count). The van der Waals surface area contributed by atoms with E-state index in [0.717, 1.165) is 35.7 Å². The second-order valence-corrected chi connectivity index (χ2v) is 6.57. The summed E-state index contributed by atoms with van der Waals surface area (Å²) in [5, 5.41) is 4.27. The summed E-state index contributed by atoms with van der Waals surface area (Å²) >= 11 is 0. The van der Waals surface area contributed by atoms with Gasteiger partial charge in [0, 0.05) is 24.5 Å². The van der Waals surface area contributed by atoms with Crippen LogP contribution in [0.5, 0.6) is 0 Å². The zero-order valence-corrected chi connectivity index (χ0v) is 14.2. The third kappa shape index (κ3) is 3.16. The molecule has 8 heteroatoms. The number of hydrogen-bond donors (Lipinski definition) is 0. The molecule has 0 amide bonds. The zero-order valence-electron chi connectivity index (χ0n) is 14.2. The lowest BCUT2D eigenvalue weighted by Gasteiger charge is -2.22. The molecule has 26 heavy (non-hydrogen) atoms. The van der Waals surface area contributed by atoms with Gasteiger partial charge in [-0.2, -0.15) is 18.3 Å². The van der Waals surface area contributed by atoms with E-state index in [2.05, 4.69) is 20.0 Å². The van der Waals surface area contributed by atoms with Crippen LogP contribution in [-0.4, -0.2) is 31.0 Å². The van der Waals surface area contributed by atoms with E-state index in [1.807, 2.05) is 18.2 Å². The van der Waals surface area contributed by atoms with E-state index in [4.69, 9.17) is 0 Å². The van der Waals surface area contributed by atoms with Crippen molar-refractivity contribution in [2.45, 2.75) is 38.5 Å². The molecule has 136 valence electrons. The highest BCUT2D eigenvalue weighted by molar-refractivity contribution is 5.43. The second-order valence-electron chi connectivity index (χ2n) is 6.57. The molecule has 3 aromatic rings. The lowest BCUT2D eigenvalue weighted by atomic mass is 10.1. The minimum absolute atomic E-state index is 0.0277. The van der Waals surface area contributed by atoms with E-state index in [-0.39, 0.29) is 11.7 Å². The van der Waals surface area contributed by atoms with E-state index >= 15 is 0 Å². The molecule has 0 radical (unpaired) electrons. The van der Waals surface area contributed by atoms with Crippen LogP contribution < -0.4 is 0 Å². The highest BCUT2D eigenvalue weighted by Crippen LogP contribution is 2.34. The SMILES string of the molecule is Cc1cc(C(F)(F)F)n2nc(C3CCCN3Cc3ccccn3)cc2n1. The molecule has 3 aromatic heterocycles. The first-order valence-electron chi connectivity index (χ1n) is 8.50. The molecular weight excluding hydrogens is 343 g/mol. The van der Waals surface area contributed by atoms with E-state index in [1.165, 1.54) is 0 Å². The number of rotatable bonds is 3. The van der Waals surface area contributed by atoms with Crippen LogP contribution in [0.25, 0.3) is 5.65 Å². The molecule has 0 aliphatic carbocycles. The number of pyridine rings is 1. The molecule has 5 nitrogen and oxygen atoms in total. The van der Waals surface area contributed by atoms with E-state index < -0.39 is 11.9 Å². The highest BCUT2D eigenvalue weighted by atomic mass is 19.4. The molecule has 1 fully saturated rings. The second kappa shape index (κ2) is 6.35. The summed E-state index contributed by atoms with van der Waals surface area (Å²) in [5.74, 6) is 0. The maximum Gasteiger partial charge on any atom is 0.433 e. The Balaban J connectivity index is 1.70. The Hall–Kier alpha value is -2.48. The third-order valence-electron chi connectivity index (χ3n) is 4.66. The molecular formula is C18H18F3N5. The number of aromatic nitrogens is 4. The molecule has 0 saturated carbocycles. The summed E-state index contributed by atoms with van der Waals surface area (Å²) in [5.41, 5.74) is 1.33. The van der Waals surface area contributed by atoms with Crippen LogP contribution in [0, 0.1) is 6.92 Å². The first-order chi connectivity index (χ1) is 12.4. The van der Waals surface area contributed by atoms with Gasteiger partial charge in [0.05, 0.1) is 17.4 Å². The molecule has 1 atom stereocenters. The number of alkyl halides is 3. The summed E-state index contributed by atoms with van der Waals surface area (Å²) in [6.45, 7) is 3.08. The molecule has 4 heterocycles.